The van der Waals surface area contributed by atoms with E-state index in [0.717, 1.165) is 44.3 Å². The molecule has 2 unspecified atom stereocenters. The summed E-state index contributed by atoms with van der Waals surface area (Å²) in [5, 5.41) is 7.01. The van der Waals surface area contributed by atoms with Crippen molar-refractivity contribution < 1.29 is 4.74 Å². The second-order valence-electron chi connectivity index (χ2n) is 7.39. The lowest BCUT2D eigenvalue weighted by Gasteiger charge is -2.28. The van der Waals surface area contributed by atoms with E-state index in [1.807, 2.05) is 19.2 Å². The number of rotatable bonds is 12. The summed E-state index contributed by atoms with van der Waals surface area (Å²) in [5.74, 6) is 1.76. The zero-order valence-electron chi connectivity index (χ0n) is 19.0. The van der Waals surface area contributed by atoms with Crippen LogP contribution in [-0.4, -0.2) is 76.2 Å². The Morgan fingerprint density at radius 3 is 2.43 bits per heavy atom. The van der Waals surface area contributed by atoms with Crippen LogP contribution in [0.2, 0.25) is 0 Å². The molecule has 0 heterocycles. The highest BCUT2D eigenvalue weighted by atomic mass is 16.5. The normalized spacial score (nSPS) is 14.2. The number of nitrogens with zero attached hydrogens (tertiary/aromatic N) is 3. The van der Waals surface area contributed by atoms with Crippen molar-refractivity contribution in [1.82, 2.24) is 20.4 Å². The van der Waals surface area contributed by atoms with Gasteiger partial charge in [0.25, 0.3) is 0 Å². The number of nitrogens with one attached hydrogen (secondary N) is 2. The van der Waals surface area contributed by atoms with Crippen molar-refractivity contribution >= 4 is 5.96 Å². The average Bonchev–Trinajstić information content (AvgIpc) is 2.70. The van der Waals surface area contributed by atoms with Crippen LogP contribution < -0.4 is 15.4 Å². The maximum Gasteiger partial charge on any atom is 0.191 e. The van der Waals surface area contributed by atoms with Gasteiger partial charge >= 0.3 is 0 Å². The molecule has 2 N–H and O–H groups in total. The number of hydrogen-bond acceptors (Lipinski definition) is 4. The first-order chi connectivity index (χ1) is 13.5. The molecule has 28 heavy (non-hydrogen) atoms. The molecule has 0 aliphatic heterocycles. The predicted molar refractivity (Wildman–Crippen MR) is 120 cm³/mol. The van der Waals surface area contributed by atoms with Crippen molar-refractivity contribution in [3.05, 3.63) is 29.8 Å². The zero-order chi connectivity index (χ0) is 20.9. The first kappa shape index (κ1) is 24.2. The lowest BCUT2D eigenvalue weighted by Crippen LogP contribution is -2.45. The molecule has 0 saturated heterocycles. The highest BCUT2D eigenvalue weighted by Gasteiger charge is 2.18. The van der Waals surface area contributed by atoms with Crippen molar-refractivity contribution in [3.63, 3.8) is 0 Å². The number of guanidine groups is 1. The maximum atomic E-state index is 5.55. The molecule has 0 amide bonds. The molecule has 1 aromatic rings. The maximum absolute atomic E-state index is 5.55. The monoisotopic (exact) mass is 391 g/mol. The lowest BCUT2D eigenvalue weighted by atomic mass is 10.0. The second-order valence-corrected chi connectivity index (χ2v) is 7.39. The fraction of sp³-hybridized carbons (Fsp3) is 0.682. The Bertz CT molecular complexity index is 572. The Balaban J connectivity index is 2.59. The van der Waals surface area contributed by atoms with Gasteiger partial charge in [0.15, 0.2) is 5.96 Å². The van der Waals surface area contributed by atoms with E-state index in [1.165, 1.54) is 12.0 Å². The molecule has 0 aromatic heterocycles. The van der Waals surface area contributed by atoms with Gasteiger partial charge in [0.1, 0.15) is 5.75 Å². The molecule has 0 radical (unpaired) electrons. The summed E-state index contributed by atoms with van der Waals surface area (Å²) >= 11 is 0. The Morgan fingerprint density at radius 2 is 1.86 bits per heavy atom. The molecule has 1 aromatic carbocycles. The van der Waals surface area contributed by atoms with E-state index >= 15 is 0 Å². The van der Waals surface area contributed by atoms with Crippen LogP contribution in [0.1, 0.15) is 45.2 Å². The van der Waals surface area contributed by atoms with Crippen molar-refractivity contribution in [2.45, 2.75) is 45.7 Å². The smallest absolute Gasteiger partial charge is 0.191 e. The van der Waals surface area contributed by atoms with Crippen molar-refractivity contribution in [2.75, 3.05) is 54.4 Å². The summed E-state index contributed by atoms with van der Waals surface area (Å²) in [6.07, 6.45) is 2.31. The summed E-state index contributed by atoms with van der Waals surface area (Å²) in [6.45, 7) is 10.8. The summed E-state index contributed by atoms with van der Waals surface area (Å²) in [6, 6.07) is 8.76. The Kier molecular flexibility index (Phi) is 11.6. The van der Waals surface area contributed by atoms with Crippen LogP contribution in [0.25, 0.3) is 0 Å². The van der Waals surface area contributed by atoms with E-state index in [2.05, 4.69) is 72.4 Å². The van der Waals surface area contributed by atoms with Crippen molar-refractivity contribution in [2.24, 2.45) is 4.99 Å². The number of aliphatic imine (C=N–C) groups is 1. The zero-order valence-corrected chi connectivity index (χ0v) is 19.0. The van der Waals surface area contributed by atoms with Crippen LogP contribution in [0.3, 0.4) is 0 Å². The molecule has 6 heteroatoms. The van der Waals surface area contributed by atoms with Gasteiger partial charge in [-0.2, -0.15) is 0 Å². The highest BCUT2D eigenvalue weighted by molar-refractivity contribution is 5.80. The van der Waals surface area contributed by atoms with E-state index in [1.54, 1.807) is 7.11 Å². The molecule has 0 aliphatic rings. The minimum absolute atomic E-state index is 0.188. The first-order valence-electron chi connectivity index (χ1n) is 10.5. The molecule has 0 saturated carbocycles. The van der Waals surface area contributed by atoms with Gasteiger partial charge in [0.2, 0.25) is 0 Å². The average molecular weight is 392 g/mol. The number of benzene rings is 1. The summed E-state index contributed by atoms with van der Waals surface area (Å²) in [7, 11) is 7.72. The van der Waals surface area contributed by atoms with Gasteiger partial charge < -0.3 is 25.2 Å². The van der Waals surface area contributed by atoms with Crippen molar-refractivity contribution in [1.29, 1.82) is 0 Å². The van der Waals surface area contributed by atoms with Gasteiger partial charge in [-0.05, 0) is 59.6 Å². The molecule has 160 valence electrons. The minimum Gasteiger partial charge on any atom is -0.496 e. The third-order valence-electron chi connectivity index (χ3n) is 5.20. The molecular formula is C22H41N5O. The number of ether oxygens (including phenoxy) is 1. The van der Waals surface area contributed by atoms with Gasteiger partial charge in [-0.15, -0.1) is 0 Å². The van der Waals surface area contributed by atoms with Gasteiger partial charge in [0.05, 0.1) is 13.2 Å². The van der Waals surface area contributed by atoms with E-state index in [9.17, 15) is 0 Å². The lowest BCUT2D eigenvalue weighted by molar-refractivity contribution is 0.286. The van der Waals surface area contributed by atoms with Crippen LogP contribution in [-0.2, 0) is 0 Å². The fourth-order valence-corrected chi connectivity index (χ4v) is 3.37. The first-order valence-corrected chi connectivity index (χ1v) is 10.5. The standard InChI is InChI=1S/C22H41N5O/c1-8-27(9-2)16-12-13-18(3)25-22(23-4)24-17-20(26(5)6)19-14-10-11-15-21(19)28-7/h10-11,14-15,18,20H,8-9,12-13,16-17H2,1-7H3,(H2,23,24,25). The largest absolute Gasteiger partial charge is 0.496 e. The quantitative estimate of drug-likeness (QED) is 0.424. The minimum atomic E-state index is 0.188. The summed E-state index contributed by atoms with van der Waals surface area (Å²) in [4.78, 5) is 9.07. The Morgan fingerprint density at radius 1 is 1.18 bits per heavy atom. The number of methoxy groups -OCH3 is 1. The van der Waals surface area contributed by atoms with E-state index in [4.69, 9.17) is 4.74 Å². The van der Waals surface area contributed by atoms with Crippen LogP contribution in [0.15, 0.2) is 29.3 Å². The molecule has 0 fully saturated rings. The van der Waals surface area contributed by atoms with Crippen LogP contribution >= 0.6 is 0 Å². The highest BCUT2D eigenvalue weighted by Crippen LogP contribution is 2.27. The molecule has 0 spiro atoms. The molecule has 1 rings (SSSR count). The number of likely N-dealkylation sites (N-methyl/N-ethyl adjacent to an activating group) is 1. The van der Waals surface area contributed by atoms with E-state index in [0.29, 0.717) is 6.04 Å². The third kappa shape index (κ3) is 8.07. The molecule has 0 bridgehead atoms. The van der Waals surface area contributed by atoms with Gasteiger partial charge in [0, 0.05) is 25.2 Å². The second kappa shape index (κ2) is 13.4. The SMILES string of the molecule is CCN(CC)CCCC(C)NC(=NC)NCC(c1ccccc1OC)N(C)C. The fourth-order valence-electron chi connectivity index (χ4n) is 3.37. The Hall–Kier alpha value is -1.79. The van der Waals surface area contributed by atoms with Crippen LogP contribution in [0.5, 0.6) is 5.75 Å². The summed E-state index contributed by atoms with van der Waals surface area (Å²) < 4.78 is 5.55. The topological polar surface area (TPSA) is 52.1 Å². The molecule has 2 atom stereocenters. The Labute approximate surface area is 172 Å². The molecule has 6 nitrogen and oxygen atoms in total. The predicted octanol–water partition coefficient (Wildman–Crippen LogP) is 2.97. The van der Waals surface area contributed by atoms with Crippen molar-refractivity contribution in [3.8, 4) is 5.75 Å². The molecule has 0 aliphatic carbocycles. The number of hydrogen-bond donors (Lipinski definition) is 2. The molecular weight excluding hydrogens is 350 g/mol. The van der Waals surface area contributed by atoms with Gasteiger partial charge in [-0.25, -0.2) is 0 Å². The van der Waals surface area contributed by atoms with Crippen LogP contribution in [0, 0.1) is 0 Å². The summed E-state index contributed by atoms with van der Waals surface area (Å²) in [5.41, 5.74) is 1.17. The van der Waals surface area contributed by atoms with E-state index in [-0.39, 0.29) is 6.04 Å². The van der Waals surface area contributed by atoms with Crippen LogP contribution in [0.4, 0.5) is 0 Å². The van der Waals surface area contributed by atoms with Gasteiger partial charge in [-0.1, -0.05) is 32.0 Å². The third-order valence-corrected chi connectivity index (χ3v) is 5.20. The van der Waals surface area contributed by atoms with Gasteiger partial charge in [-0.3, -0.25) is 4.99 Å². The van der Waals surface area contributed by atoms with E-state index < -0.39 is 0 Å². The number of para-hydroxylation sites is 1.